The summed E-state index contributed by atoms with van der Waals surface area (Å²) in [6.45, 7) is 3.37. The van der Waals surface area contributed by atoms with Crippen molar-refractivity contribution in [3.63, 3.8) is 0 Å². The molecule has 0 aliphatic heterocycles. The predicted octanol–water partition coefficient (Wildman–Crippen LogP) is 5.53. The number of carbonyl (C=O) groups excluding carboxylic acids is 1. The topological polar surface area (TPSA) is 106 Å². The molecule has 0 saturated carbocycles. The normalized spacial score (nSPS) is 11.1. The Hall–Kier alpha value is -4.94. The number of rotatable bonds is 8. The lowest BCUT2D eigenvalue weighted by Gasteiger charge is -2.15. The third kappa shape index (κ3) is 6.60. The highest BCUT2D eigenvalue weighted by atomic mass is 19.4. The summed E-state index contributed by atoms with van der Waals surface area (Å²) < 4.78 is 58.5. The number of amides is 1. The Morgan fingerprint density at radius 3 is 2.62 bits per heavy atom. The smallest absolute Gasteiger partial charge is 0.406 e. The zero-order valence-corrected chi connectivity index (χ0v) is 19.2. The molecule has 13 heteroatoms. The Balaban J connectivity index is 1.75. The van der Waals surface area contributed by atoms with E-state index >= 15 is 0 Å². The minimum atomic E-state index is -4.88. The van der Waals surface area contributed by atoms with Crippen LogP contribution in [0.15, 0.2) is 73.7 Å². The molecule has 2 aromatic heterocycles. The van der Waals surface area contributed by atoms with Crippen molar-refractivity contribution in [2.45, 2.75) is 6.36 Å². The maximum Gasteiger partial charge on any atom is 0.573 e. The number of ether oxygens (including phenoxy) is 1. The fourth-order valence-corrected chi connectivity index (χ4v) is 3.24. The standard InChI is InChI=1S/C24H19F4N7O2/c1-3-21(36)31-15-7-8-19(25)20(10-15)33-22-18(14-5-4-6-17(9-14)37-24(26,27)28)12-29-23(34-22)32-16-11-30-35(2)13-16/h3-13H,1H2,2H3,(H,31,36)(H2,29,32,33,34). The molecule has 2 aromatic carbocycles. The monoisotopic (exact) mass is 513 g/mol. The van der Waals surface area contributed by atoms with E-state index in [1.807, 2.05) is 0 Å². The molecule has 0 bridgehead atoms. The molecule has 9 nitrogen and oxygen atoms in total. The van der Waals surface area contributed by atoms with Crippen molar-refractivity contribution in [1.82, 2.24) is 19.7 Å². The Morgan fingerprint density at radius 1 is 1.11 bits per heavy atom. The van der Waals surface area contributed by atoms with E-state index in [1.54, 1.807) is 17.9 Å². The van der Waals surface area contributed by atoms with Gasteiger partial charge in [0.1, 0.15) is 17.4 Å². The summed E-state index contributed by atoms with van der Waals surface area (Å²) in [5.41, 5.74) is 1.32. The number of carbonyl (C=O) groups is 1. The fourth-order valence-electron chi connectivity index (χ4n) is 3.24. The number of hydrogen-bond acceptors (Lipinski definition) is 7. The molecule has 0 radical (unpaired) electrons. The van der Waals surface area contributed by atoms with E-state index in [4.69, 9.17) is 0 Å². The highest BCUT2D eigenvalue weighted by Crippen LogP contribution is 2.34. The summed E-state index contributed by atoms with van der Waals surface area (Å²) in [4.78, 5) is 20.3. The van der Waals surface area contributed by atoms with E-state index in [-0.39, 0.29) is 34.3 Å². The molecule has 4 rings (SSSR count). The highest BCUT2D eigenvalue weighted by Gasteiger charge is 2.31. The summed E-state index contributed by atoms with van der Waals surface area (Å²) in [6, 6.07) is 9.02. The molecule has 37 heavy (non-hydrogen) atoms. The quantitative estimate of drug-likeness (QED) is 0.210. The van der Waals surface area contributed by atoms with Gasteiger partial charge in [0.25, 0.3) is 0 Å². The molecule has 0 fully saturated rings. The molecule has 0 saturated heterocycles. The SMILES string of the molecule is C=CC(=O)Nc1ccc(F)c(Nc2nc(Nc3cnn(C)c3)ncc2-c2cccc(OC(F)(F)F)c2)c1. The van der Waals surface area contributed by atoms with Gasteiger partial charge < -0.3 is 20.7 Å². The summed E-state index contributed by atoms with van der Waals surface area (Å²) >= 11 is 0. The second kappa shape index (κ2) is 10.4. The van der Waals surface area contributed by atoms with E-state index in [0.717, 1.165) is 24.3 Å². The van der Waals surface area contributed by atoms with Crippen LogP contribution in [-0.4, -0.2) is 32.0 Å². The van der Waals surface area contributed by atoms with Gasteiger partial charge in [0.05, 0.1) is 17.6 Å². The van der Waals surface area contributed by atoms with Crippen molar-refractivity contribution in [2.24, 2.45) is 7.05 Å². The molecular weight excluding hydrogens is 494 g/mol. The number of alkyl halides is 3. The average molecular weight is 513 g/mol. The summed E-state index contributed by atoms with van der Waals surface area (Å²) in [7, 11) is 1.72. The number of halogens is 4. The van der Waals surface area contributed by atoms with Gasteiger partial charge in [0.2, 0.25) is 11.9 Å². The number of anilines is 5. The maximum atomic E-state index is 14.7. The fraction of sp³-hybridized carbons (Fsp3) is 0.0833. The Morgan fingerprint density at radius 2 is 1.92 bits per heavy atom. The van der Waals surface area contributed by atoms with Gasteiger partial charge in [-0.3, -0.25) is 9.48 Å². The van der Waals surface area contributed by atoms with Crippen LogP contribution in [0.4, 0.5) is 46.4 Å². The van der Waals surface area contributed by atoms with Crippen LogP contribution in [0.2, 0.25) is 0 Å². The lowest BCUT2D eigenvalue weighted by Crippen LogP contribution is -2.17. The second-order valence-electron chi connectivity index (χ2n) is 7.57. The van der Waals surface area contributed by atoms with Gasteiger partial charge in [0.15, 0.2) is 0 Å². The van der Waals surface area contributed by atoms with Crippen molar-refractivity contribution >= 4 is 34.7 Å². The minimum absolute atomic E-state index is 0.0585. The van der Waals surface area contributed by atoms with Crippen LogP contribution < -0.4 is 20.7 Å². The molecule has 0 aliphatic rings. The molecule has 190 valence electrons. The molecule has 0 spiro atoms. The van der Waals surface area contributed by atoms with Gasteiger partial charge in [-0.15, -0.1) is 13.2 Å². The molecule has 0 atom stereocenters. The Labute approximate surface area is 207 Å². The van der Waals surface area contributed by atoms with E-state index < -0.39 is 23.8 Å². The first-order valence-corrected chi connectivity index (χ1v) is 10.6. The van der Waals surface area contributed by atoms with Crippen molar-refractivity contribution in [2.75, 3.05) is 16.0 Å². The highest BCUT2D eigenvalue weighted by molar-refractivity contribution is 5.99. The molecule has 0 unspecified atom stereocenters. The third-order valence-corrected chi connectivity index (χ3v) is 4.80. The van der Waals surface area contributed by atoms with Gasteiger partial charge >= 0.3 is 6.36 Å². The molecule has 4 aromatic rings. The predicted molar refractivity (Wildman–Crippen MR) is 129 cm³/mol. The lowest BCUT2D eigenvalue weighted by atomic mass is 10.1. The van der Waals surface area contributed by atoms with Crippen LogP contribution in [0.25, 0.3) is 11.1 Å². The van der Waals surface area contributed by atoms with Gasteiger partial charge in [-0.2, -0.15) is 10.1 Å². The van der Waals surface area contributed by atoms with Crippen molar-refractivity contribution < 1.29 is 27.1 Å². The van der Waals surface area contributed by atoms with Gasteiger partial charge in [-0.25, -0.2) is 9.37 Å². The van der Waals surface area contributed by atoms with Crippen LogP contribution >= 0.6 is 0 Å². The molecule has 1 amide bonds. The molecule has 2 heterocycles. The first-order valence-electron chi connectivity index (χ1n) is 10.6. The summed E-state index contributed by atoms with van der Waals surface area (Å²) in [6.07, 6.45) is 0.752. The lowest BCUT2D eigenvalue weighted by molar-refractivity contribution is -0.274. The van der Waals surface area contributed by atoms with Crippen LogP contribution in [0, 0.1) is 5.82 Å². The number of aromatic nitrogens is 4. The van der Waals surface area contributed by atoms with Crippen molar-refractivity contribution in [3.8, 4) is 16.9 Å². The maximum absolute atomic E-state index is 14.7. The number of aryl methyl sites for hydroxylation is 1. The van der Waals surface area contributed by atoms with Gasteiger partial charge in [-0.05, 0) is 42.0 Å². The second-order valence-corrected chi connectivity index (χ2v) is 7.57. The van der Waals surface area contributed by atoms with Crippen LogP contribution in [0.5, 0.6) is 5.75 Å². The van der Waals surface area contributed by atoms with E-state index in [0.29, 0.717) is 5.69 Å². The number of nitrogens with zero attached hydrogens (tertiary/aromatic N) is 4. The zero-order valence-electron chi connectivity index (χ0n) is 19.2. The molecule has 0 aliphatic carbocycles. The Bertz CT molecular complexity index is 1450. The van der Waals surface area contributed by atoms with Crippen LogP contribution in [0.3, 0.4) is 0 Å². The van der Waals surface area contributed by atoms with Crippen molar-refractivity contribution in [3.05, 3.63) is 79.5 Å². The first kappa shape index (κ1) is 25.2. The summed E-state index contributed by atoms with van der Waals surface area (Å²) in [5, 5.41) is 12.4. The number of hydrogen-bond donors (Lipinski definition) is 3. The average Bonchev–Trinajstić information content (AvgIpc) is 3.24. The first-order chi connectivity index (χ1) is 17.6. The number of benzene rings is 2. The van der Waals surface area contributed by atoms with Crippen LogP contribution in [0.1, 0.15) is 0 Å². The zero-order chi connectivity index (χ0) is 26.6. The van der Waals surface area contributed by atoms with Gasteiger partial charge in [0, 0.05) is 30.7 Å². The summed E-state index contributed by atoms with van der Waals surface area (Å²) in [5.74, 6) is -1.44. The third-order valence-electron chi connectivity index (χ3n) is 4.80. The van der Waals surface area contributed by atoms with E-state index in [1.165, 1.54) is 36.7 Å². The molecular formula is C24H19F4N7O2. The Kier molecular flexibility index (Phi) is 7.04. The molecule has 3 N–H and O–H groups in total. The largest absolute Gasteiger partial charge is 0.573 e. The number of nitrogens with one attached hydrogen (secondary N) is 3. The van der Waals surface area contributed by atoms with Crippen molar-refractivity contribution in [1.29, 1.82) is 0 Å². The van der Waals surface area contributed by atoms with E-state index in [2.05, 4.69) is 42.3 Å². The van der Waals surface area contributed by atoms with E-state index in [9.17, 15) is 22.4 Å². The minimum Gasteiger partial charge on any atom is -0.406 e. The van der Waals surface area contributed by atoms with Gasteiger partial charge in [-0.1, -0.05) is 18.7 Å². The van der Waals surface area contributed by atoms with Crippen LogP contribution in [-0.2, 0) is 11.8 Å².